The number of nitro groups is 2. The molecule has 0 aromatic carbocycles. The predicted molar refractivity (Wildman–Crippen MR) is 216 cm³/mol. The summed E-state index contributed by atoms with van der Waals surface area (Å²) >= 11 is 0. The van der Waals surface area contributed by atoms with Crippen LogP contribution in [0.4, 0.5) is 82.0 Å². The van der Waals surface area contributed by atoms with Crippen molar-refractivity contribution in [2.24, 2.45) is 5.73 Å². The van der Waals surface area contributed by atoms with Crippen LogP contribution >= 0.6 is 0 Å². The number of aromatic carboxylic acids is 1. The number of carbonyl (C=O) groups is 4. The van der Waals surface area contributed by atoms with E-state index in [4.69, 9.17) is 0 Å². The van der Waals surface area contributed by atoms with E-state index in [1.165, 1.54) is 46.5 Å². The molecule has 0 unspecified atom stereocenters. The molecular weight excluding hydrogens is 884 g/mol. The molecule has 8 rings (SSSR count). The van der Waals surface area contributed by atoms with Crippen LogP contribution in [0, 0.1) is 20.2 Å². The summed E-state index contributed by atoms with van der Waals surface area (Å²) in [6.07, 6.45) is -6.92. The van der Waals surface area contributed by atoms with E-state index in [9.17, 15) is 70.9 Å². The number of halogens is 6. The maximum Gasteiger partial charge on any atom is 0.400 e. The number of nitrogens with two attached hydrogens (primary N) is 1. The lowest BCUT2D eigenvalue weighted by molar-refractivity contribution is -0.385. The van der Waals surface area contributed by atoms with Crippen LogP contribution in [0.5, 0.6) is 0 Å². The first-order chi connectivity index (χ1) is 30.6. The van der Waals surface area contributed by atoms with Crippen LogP contribution in [0.3, 0.4) is 0 Å². The van der Waals surface area contributed by atoms with Crippen molar-refractivity contribution < 1.29 is 60.5 Å². The minimum Gasteiger partial charge on any atom is -0.477 e. The lowest BCUT2D eigenvalue weighted by atomic mass is 10.1. The number of carbonyl (C=O) groups excluding carboxylic acids is 3. The molecule has 4 bridgehead atoms. The molecule has 0 saturated carbocycles. The Balaban J connectivity index is 0.000000193. The molecule has 22 nitrogen and oxygen atoms in total. The molecule has 5 N–H and O–H groups in total. The van der Waals surface area contributed by atoms with Gasteiger partial charge in [0.15, 0.2) is 23.1 Å². The van der Waals surface area contributed by atoms with E-state index in [1.54, 1.807) is 12.1 Å². The largest absolute Gasteiger partial charge is 0.477 e. The van der Waals surface area contributed by atoms with Crippen LogP contribution in [0.2, 0.25) is 0 Å². The summed E-state index contributed by atoms with van der Waals surface area (Å²) in [5.41, 5.74) is 4.66. The number of alkyl halides is 6. The predicted octanol–water partition coefficient (Wildman–Crippen LogP) is 5.76. The van der Waals surface area contributed by atoms with Gasteiger partial charge in [0.2, 0.25) is 0 Å². The molecule has 344 valence electrons. The van der Waals surface area contributed by atoms with Gasteiger partial charge in [-0.2, -0.15) is 26.3 Å². The Hall–Kier alpha value is -7.78. The first-order valence-electron chi connectivity index (χ1n) is 19.2. The number of urea groups is 2. The van der Waals surface area contributed by atoms with Gasteiger partial charge in [0.1, 0.15) is 17.3 Å². The molecule has 4 amide bonds. The van der Waals surface area contributed by atoms with Crippen molar-refractivity contribution in [3.8, 4) is 0 Å². The third-order valence-corrected chi connectivity index (χ3v) is 10.1. The second kappa shape index (κ2) is 18.9. The van der Waals surface area contributed by atoms with E-state index in [0.717, 1.165) is 18.7 Å². The quantitative estimate of drug-likeness (QED) is 0.0707. The van der Waals surface area contributed by atoms with Crippen molar-refractivity contribution in [1.29, 1.82) is 0 Å². The lowest BCUT2D eigenvalue weighted by Crippen LogP contribution is -2.48. The Labute approximate surface area is 361 Å². The monoisotopic (exact) mass is 919 g/mol. The molecule has 28 heteroatoms. The molecule has 4 aromatic rings. The van der Waals surface area contributed by atoms with E-state index in [1.807, 2.05) is 9.80 Å². The number of hydrogen-bond acceptors (Lipinski definition) is 15. The standard InChI is InChI=1S/C19H17F3N6O4.C16H14N6O5.C2H4F3N/c20-19(21,22)6-3-15(29)13-1-2-14-17(24-13)27(12-5-8-26(14)10-12)18(30)25-16-9-11(28(31)32)4-7-23-16;23-15(24)11-1-2-12-14(18-11)21(10-4-6-20(12)8-10)16(25)19-13-7-9(22(26)27)3-5-17-13;3-2(4,5)1-6/h1-2,4,7,9,12H,3,5-6,8,10H2,(H,23,25,30);1-3,5,7,10H,4,6,8H2,(H,23,24)(H,17,19,25);1,6H2/t12-;10-;/m00./s1. The van der Waals surface area contributed by atoms with Gasteiger partial charge in [-0.15, -0.1) is 0 Å². The summed E-state index contributed by atoms with van der Waals surface area (Å²) in [7, 11) is 0. The molecule has 2 atom stereocenters. The Kier molecular flexibility index (Phi) is 13.6. The van der Waals surface area contributed by atoms with Crippen molar-refractivity contribution in [2.75, 3.05) is 63.0 Å². The van der Waals surface area contributed by atoms with Crippen LogP contribution in [0.1, 0.15) is 46.7 Å². The van der Waals surface area contributed by atoms with E-state index in [0.29, 0.717) is 43.9 Å². The van der Waals surface area contributed by atoms with Crippen LogP contribution in [-0.2, 0) is 0 Å². The highest BCUT2D eigenvalue weighted by molar-refractivity contribution is 6.06. The van der Waals surface area contributed by atoms with Gasteiger partial charge >= 0.3 is 30.4 Å². The number of Topliss-reactive ketones (excluding diaryl/α,β-unsaturated/α-hetero) is 1. The fourth-order valence-corrected chi connectivity index (χ4v) is 7.14. The van der Waals surface area contributed by atoms with Crippen molar-refractivity contribution in [1.82, 2.24) is 19.9 Å². The number of nitrogens with one attached hydrogen (secondary N) is 2. The number of nitrogens with zero attached hydrogens (tertiary/aromatic N) is 10. The SMILES string of the molecule is NCC(F)(F)F.O=C(CCC(F)(F)F)c1ccc2c(n1)N(C(=O)Nc1cc([N+](=O)[O-])ccn1)[C@H]1CCN2C1.O=C(O)c1ccc2c(n1)N(C(=O)Nc1cc([N+](=O)[O-])ccn1)[C@H]1CCN2C1. The topological polar surface area (TPSA) is 289 Å². The Morgan fingerprint density at radius 1 is 0.723 bits per heavy atom. The summed E-state index contributed by atoms with van der Waals surface area (Å²) in [5, 5.41) is 36.1. The van der Waals surface area contributed by atoms with Gasteiger partial charge in [0.05, 0.1) is 58.4 Å². The molecule has 4 aromatic heterocycles. The maximum atomic E-state index is 13.1. The molecular formula is C37H35F6N13O9. The molecule has 4 aliphatic rings. The van der Waals surface area contributed by atoms with Crippen molar-refractivity contribution in [3.63, 3.8) is 0 Å². The molecule has 4 aliphatic heterocycles. The molecule has 0 radical (unpaired) electrons. The number of fused-ring (bicyclic) bond motifs is 8. The lowest BCUT2D eigenvalue weighted by Gasteiger charge is -2.35. The number of amides is 4. The van der Waals surface area contributed by atoms with Gasteiger partial charge in [-0.1, -0.05) is 0 Å². The third kappa shape index (κ3) is 11.2. The molecule has 8 heterocycles. The van der Waals surface area contributed by atoms with Crippen molar-refractivity contribution in [3.05, 3.63) is 92.5 Å². The first-order valence-corrected chi connectivity index (χ1v) is 19.2. The number of pyridine rings is 4. The molecule has 2 saturated heterocycles. The smallest absolute Gasteiger partial charge is 0.400 e. The molecule has 65 heavy (non-hydrogen) atoms. The number of ketones is 1. The van der Waals surface area contributed by atoms with Gasteiger partial charge in [-0.3, -0.25) is 45.5 Å². The second-order valence-corrected chi connectivity index (χ2v) is 14.4. The zero-order chi connectivity index (χ0) is 47.4. The van der Waals surface area contributed by atoms with Crippen LogP contribution in [-0.4, -0.2) is 116 Å². The Morgan fingerprint density at radius 2 is 1.15 bits per heavy atom. The average molecular weight is 920 g/mol. The number of carboxylic acid groups (broad SMARTS) is 1. The first kappa shape index (κ1) is 46.7. The van der Waals surface area contributed by atoms with Crippen LogP contribution in [0.15, 0.2) is 60.9 Å². The summed E-state index contributed by atoms with van der Waals surface area (Å²) in [6.45, 7) is 1.26. The van der Waals surface area contributed by atoms with Crippen molar-refractivity contribution >= 4 is 69.8 Å². The number of hydrogen-bond donors (Lipinski definition) is 4. The number of carboxylic acids is 1. The molecule has 2 fully saturated rings. The van der Waals surface area contributed by atoms with E-state index >= 15 is 0 Å². The van der Waals surface area contributed by atoms with Crippen molar-refractivity contribution in [2.45, 2.75) is 50.1 Å². The minimum atomic E-state index is -4.47. The Bertz CT molecular complexity index is 2510. The zero-order valence-electron chi connectivity index (χ0n) is 33.3. The highest BCUT2D eigenvalue weighted by Gasteiger charge is 2.42. The summed E-state index contributed by atoms with van der Waals surface area (Å²) in [4.78, 5) is 93.1. The highest BCUT2D eigenvalue weighted by atomic mass is 19.4. The van der Waals surface area contributed by atoms with E-state index in [-0.39, 0.29) is 58.1 Å². The number of rotatable bonds is 8. The zero-order valence-corrected chi connectivity index (χ0v) is 33.3. The summed E-state index contributed by atoms with van der Waals surface area (Å²) < 4.78 is 69.4. The minimum absolute atomic E-state index is 0.0329. The number of anilines is 6. The van der Waals surface area contributed by atoms with Crippen LogP contribution in [0.25, 0.3) is 0 Å². The fourth-order valence-electron chi connectivity index (χ4n) is 7.14. The highest BCUT2D eigenvalue weighted by Crippen LogP contribution is 2.41. The molecule has 0 aliphatic carbocycles. The van der Waals surface area contributed by atoms with Gasteiger partial charge in [-0.25, -0.2) is 34.3 Å². The maximum absolute atomic E-state index is 13.1. The second-order valence-electron chi connectivity index (χ2n) is 14.4. The summed E-state index contributed by atoms with van der Waals surface area (Å²) in [6, 6.07) is 8.95. The number of aromatic nitrogens is 4. The fraction of sp³-hybridized carbons (Fsp3) is 0.351. The van der Waals surface area contributed by atoms with Gasteiger partial charge < -0.3 is 20.6 Å². The van der Waals surface area contributed by atoms with E-state index in [2.05, 4.69) is 36.3 Å². The normalized spacial score (nSPS) is 16.8. The third-order valence-electron chi connectivity index (χ3n) is 10.1. The summed E-state index contributed by atoms with van der Waals surface area (Å²) in [5.74, 6) is -1.56. The van der Waals surface area contributed by atoms with Gasteiger partial charge in [-0.05, 0) is 37.1 Å². The average Bonchev–Trinajstić information content (AvgIpc) is 3.87. The molecule has 0 spiro atoms. The van der Waals surface area contributed by atoms with Crippen LogP contribution < -0.4 is 36.0 Å². The Morgan fingerprint density at radius 3 is 1.55 bits per heavy atom. The van der Waals surface area contributed by atoms with Gasteiger partial charge in [0.25, 0.3) is 11.4 Å². The van der Waals surface area contributed by atoms with E-state index < -0.39 is 65.4 Å². The van der Waals surface area contributed by atoms with Gasteiger partial charge in [0, 0.05) is 57.1 Å².